The van der Waals surface area contributed by atoms with E-state index in [2.05, 4.69) is 19.8 Å². The molecular weight excluding hydrogens is 392 g/mol. The fourth-order valence-corrected chi connectivity index (χ4v) is 4.53. The van der Waals surface area contributed by atoms with Gasteiger partial charge in [0.25, 0.3) is 5.91 Å². The van der Waals surface area contributed by atoms with Gasteiger partial charge in [-0.15, -0.1) is 0 Å². The molecule has 2 N–H and O–H groups in total. The first-order chi connectivity index (χ1) is 14.0. The highest BCUT2D eigenvalue weighted by atomic mass is 32.2. The van der Waals surface area contributed by atoms with Crippen LogP contribution in [0.1, 0.15) is 13.3 Å². The van der Waals surface area contributed by atoms with Crippen molar-refractivity contribution in [3.8, 4) is 11.5 Å². The third-order valence-corrected chi connectivity index (χ3v) is 6.53. The summed E-state index contributed by atoms with van der Waals surface area (Å²) in [5, 5.41) is 1.52. The lowest BCUT2D eigenvalue weighted by atomic mass is 10.2. The van der Waals surface area contributed by atoms with Crippen LogP contribution in [0.25, 0.3) is 10.9 Å². The molecule has 4 rings (SSSR count). The molecule has 10 heteroatoms. The van der Waals surface area contributed by atoms with Gasteiger partial charge in [0, 0.05) is 37.6 Å². The van der Waals surface area contributed by atoms with Crippen molar-refractivity contribution in [2.45, 2.75) is 18.6 Å². The Morgan fingerprint density at radius 2 is 1.76 bits per heavy atom. The molecule has 1 fully saturated rings. The lowest BCUT2D eigenvalue weighted by molar-refractivity contribution is -0.117. The number of nitrogens with two attached hydrogens (primary N) is 1. The van der Waals surface area contributed by atoms with E-state index in [1.54, 1.807) is 32.0 Å². The van der Waals surface area contributed by atoms with E-state index in [9.17, 15) is 4.79 Å². The molecule has 1 unspecified atom stereocenters. The zero-order chi connectivity index (χ0) is 20.5. The molecule has 3 heterocycles. The first kappa shape index (κ1) is 19.6. The van der Waals surface area contributed by atoms with Crippen molar-refractivity contribution in [2.24, 2.45) is 4.99 Å². The number of nitrogens with zero attached hydrogens (tertiary/aromatic N) is 5. The molecule has 1 aromatic carbocycles. The highest BCUT2D eigenvalue weighted by Gasteiger charge is 2.31. The number of methoxy groups -OCH3 is 2. The van der Waals surface area contributed by atoms with Crippen molar-refractivity contribution in [1.82, 2.24) is 14.9 Å². The van der Waals surface area contributed by atoms with Crippen LogP contribution in [0, 0.1) is 0 Å². The molecule has 9 nitrogen and oxygen atoms in total. The van der Waals surface area contributed by atoms with E-state index in [4.69, 9.17) is 20.2 Å². The predicted molar refractivity (Wildman–Crippen MR) is 115 cm³/mol. The first-order valence-corrected chi connectivity index (χ1v) is 10.4. The Morgan fingerprint density at radius 1 is 1.10 bits per heavy atom. The number of hydrogen-bond acceptors (Lipinski definition) is 9. The number of amides is 1. The Hall–Kier alpha value is -2.75. The normalized spacial score (nSPS) is 19.6. The van der Waals surface area contributed by atoms with E-state index in [0.717, 1.165) is 43.2 Å². The van der Waals surface area contributed by atoms with Gasteiger partial charge in [0.2, 0.25) is 5.95 Å². The van der Waals surface area contributed by atoms with Crippen LogP contribution < -0.4 is 20.1 Å². The summed E-state index contributed by atoms with van der Waals surface area (Å²) >= 11 is 1.57. The minimum absolute atomic E-state index is 0.0232. The Morgan fingerprint density at radius 3 is 2.38 bits per heavy atom. The molecule has 0 aliphatic carbocycles. The summed E-state index contributed by atoms with van der Waals surface area (Å²) in [6.45, 7) is 4.97. The van der Waals surface area contributed by atoms with Crippen LogP contribution in [-0.2, 0) is 4.79 Å². The molecular formula is C19H24N6O3S. The summed E-state index contributed by atoms with van der Waals surface area (Å²) in [4.78, 5) is 29.6. The molecule has 0 bridgehead atoms. The van der Waals surface area contributed by atoms with Gasteiger partial charge < -0.3 is 25.0 Å². The number of carbonyl (C=O) groups excluding carboxylic acids is 1. The molecule has 0 spiro atoms. The van der Waals surface area contributed by atoms with Gasteiger partial charge in [-0.25, -0.2) is 4.98 Å². The van der Waals surface area contributed by atoms with Crippen molar-refractivity contribution in [3.05, 3.63) is 12.1 Å². The molecule has 1 aromatic heterocycles. The number of aliphatic imine (C=N–C) groups is 1. The quantitative estimate of drug-likeness (QED) is 0.798. The highest BCUT2D eigenvalue weighted by Crippen LogP contribution is 2.34. The van der Waals surface area contributed by atoms with Gasteiger partial charge in [0.05, 0.1) is 25.0 Å². The second-order valence-electron chi connectivity index (χ2n) is 6.85. The lowest BCUT2D eigenvalue weighted by Gasteiger charge is -2.35. The highest BCUT2D eigenvalue weighted by molar-refractivity contribution is 8.15. The fraction of sp³-hybridized carbons (Fsp3) is 0.474. The van der Waals surface area contributed by atoms with Crippen molar-refractivity contribution in [1.29, 1.82) is 0 Å². The van der Waals surface area contributed by atoms with Gasteiger partial charge in [-0.3, -0.25) is 4.79 Å². The average Bonchev–Trinajstić information content (AvgIpc) is 3.13. The number of hydrogen-bond donors (Lipinski definition) is 1. The minimum atomic E-state index is -0.0429. The molecule has 2 aliphatic rings. The Labute approximate surface area is 173 Å². The number of aromatic nitrogens is 2. The largest absolute Gasteiger partial charge is 0.493 e. The summed E-state index contributed by atoms with van der Waals surface area (Å²) in [6, 6.07) is 3.61. The van der Waals surface area contributed by atoms with Gasteiger partial charge in [-0.2, -0.15) is 9.98 Å². The summed E-state index contributed by atoms with van der Waals surface area (Å²) in [6.07, 6.45) is 0.801. The van der Waals surface area contributed by atoms with Crippen molar-refractivity contribution < 1.29 is 14.3 Å². The third kappa shape index (κ3) is 3.64. The number of fused-ring (bicyclic) bond motifs is 1. The van der Waals surface area contributed by atoms with Crippen molar-refractivity contribution in [3.63, 3.8) is 0 Å². The number of nitrogen functional groups attached to an aromatic ring is 1. The monoisotopic (exact) mass is 416 g/mol. The number of benzene rings is 1. The van der Waals surface area contributed by atoms with Gasteiger partial charge >= 0.3 is 0 Å². The molecule has 0 saturated carbocycles. The smallest absolute Gasteiger partial charge is 0.261 e. The topological polar surface area (TPSA) is 106 Å². The number of anilines is 2. The van der Waals surface area contributed by atoms with Gasteiger partial charge in [0.15, 0.2) is 16.7 Å². The molecule has 29 heavy (non-hydrogen) atoms. The molecule has 1 amide bonds. The molecule has 2 aliphatic heterocycles. The average molecular weight is 417 g/mol. The van der Waals surface area contributed by atoms with Crippen LogP contribution in [0.5, 0.6) is 11.5 Å². The summed E-state index contributed by atoms with van der Waals surface area (Å²) in [5.74, 6) is 2.16. The van der Waals surface area contributed by atoms with Crippen molar-refractivity contribution in [2.75, 3.05) is 51.0 Å². The third-order valence-electron chi connectivity index (χ3n) is 5.15. The second-order valence-corrected chi connectivity index (χ2v) is 8.02. The predicted octanol–water partition coefficient (Wildman–Crippen LogP) is 1.76. The van der Waals surface area contributed by atoms with Gasteiger partial charge in [-0.1, -0.05) is 18.7 Å². The maximum Gasteiger partial charge on any atom is 0.261 e. The molecule has 2 aromatic rings. The Bertz CT molecular complexity index is 974. The van der Waals surface area contributed by atoms with Crippen LogP contribution in [-0.4, -0.2) is 71.6 Å². The number of piperazine rings is 1. The Kier molecular flexibility index (Phi) is 5.35. The van der Waals surface area contributed by atoms with E-state index in [-0.39, 0.29) is 11.2 Å². The maximum absolute atomic E-state index is 11.9. The van der Waals surface area contributed by atoms with E-state index in [0.29, 0.717) is 28.8 Å². The number of thioether (sulfide) groups is 1. The maximum atomic E-state index is 11.9. The summed E-state index contributed by atoms with van der Waals surface area (Å²) < 4.78 is 10.7. The number of ether oxygens (including phenoxy) is 2. The SMILES string of the molecule is CCC1SC(N2CCN(c3nc(N)c4cc(OC)c(OC)cc4n3)CC2)=NC1=O. The molecule has 154 valence electrons. The zero-order valence-electron chi connectivity index (χ0n) is 16.7. The standard InChI is InChI=1S/C19H24N6O3S/c1-4-15-17(26)23-19(29-15)25-7-5-24(6-8-25)18-21-12-10-14(28-3)13(27-2)9-11(12)16(20)22-18/h9-10,15H,4-8H2,1-3H3,(H2,20,21,22). The molecule has 0 radical (unpaired) electrons. The van der Waals surface area contributed by atoms with E-state index >= 15 is 0 Å². The van der Waals surface area contributed by atoms with Crippen LogP contribution in [0.15, 0.2) is 17.1 Å². The molecule has 1 saturated heterocycles. The van der Waals surface area contributed by atoms with E-state index in [1.165, 1.54) is 0 Å². The van der Waals surface area contributed by atoms with Crippen LogP contribution in [0.3, 0.4) is 0 Å². The van der Waals surface area contributed by atoms with E-state index < -0.39 is 0 Å². The second kappa shape index (κ2) is 7.94. The van der Waals surface area contributed by atoms with Crippen LogP contribution in [0.4, 0.5) is 11.8 Å². The summed E-state index contributed by atoms with van der Waals surface area (Å²) in [7, 11) is 3.17. The van der Waals surface area contributed by atoms with Gasteiger partial charge in [-0.05, 0) is 12.5 Å². The number of amidine groups is 1. The van der Waals surface area contributed by atoms with Gasteiger partial charge in [0.1, 0.15) is 5.82 Å². The summed E-state index contributed by atoms with van der Waals surface area (Å²) in [5.41, 5.74) is 6.92. The zero-order valence-corrected chi connectivity index (χ0v) is 17.5. The van der Waals surface area contributed by atoms with Crippen molar-refractivity contribution >= 4 is 45.5 Å². The lowest BCUT2D eigenvalue weighted by Crippen LogP contribution is -2.48. The van der Waals surface area contributed by atoms with Crippen LogP contribution >= 0.6 is 11.8 Å². The first-order valence-electron chi connectivity index (χ1n) is 9.52. The van der Waals surface area contributed by atoms with E-state index in [1.807, 2.05) is 13.0 Å². The number of rotatable bonds is 4. The minimum Gasteiger partial charge on any atom is -0.493 e. The fourth-order valence-electron chi connectivity index (χ4n) is 3.48. The van der Waals surface area contributed by atoms with Crippen LogP contribution in [0.2, 0.25) is 0 Å². The molecule has 1 atom stereocenters. The Balaban J connectivity index is 1.53. The number of carbonyl (C=O) groups is 1.